The Morgan fingerprint density at radius 2 is 0.786 bits per heavy atom. The Balaban J connectivity index is 1.60. The monoisotopic (exact) mass is 192 g/mol. The van der Waals surface area contributed by atoms with E-state index >= 15 is 0 Å². The molecule has 2 bridgehead atoms. The molecule has 2 N–H and O–H groups in total. The van der Waals surface area contributed by atoms with E-state index in [0.717, 1.165) is 47.3 Å². The van der Waals surface area contributed by atoms with Crippen LogP contribution in [0.2, 0.25) is 0 Å². The van der Waals surface area contributed by atoms with Crippen molar-refractivity contribution >= 4 is 0 Å². The first kappa shape index (κ1) is 7.24. The normalized spacial score (nSPS) is 79.3. The number of rotatable bonds is 2. The van der Waals surface area contributed by atoms with Crippen molar-refractivity contribution < 1.29 is 10.2 Å². The van der Waals surface area contributed by atoms with Gasteiger partial charge in [-0.15, -0.1) is 0 Å². The predicted molar refractivity (Wildman–Crippen MR) is 49.1 cm³/mol. The molecule has 0 spiro atoms. The van der Waals surface area contributed by atoms with Crippen LogP contribution in [0.15, 0.2) is 0 Å². The highest BCUT2D eigenvalue weighted by Crippen LogP contribution is 2.93. The van der Waals surface area contributed by atoms with Crippen LogP contribution in [0.4, 0.5) is 0 Å². The Morgan fingerprint density at radius 1 is 0.500 bits per heavy atom. The maximum atomic E-state index is 9.45. The van der Waals surface area contributed by atoms with Crippen molar-refractivity contribution in [3.8, 4) is 0 Å². The summed E-state index contributed by atoms with van der Waals surface area (Å²) < 4.78 is 0. The number of hydrogen-bond donors (Lipinski definition) is 2. The van der Waals surface area contributed by atoms with Crippen LogP contribution in [-0.2, 0) is 0 Å². The molecule has 0 aromatic rings. The quantitative estimate of drug-likeness (QED) is 0.656. The molecule has 0 aliphatic heterocycles. The van der Waals surface area contributed by atoms with Crippen LogP contribution < -0.4 is 0 Å². The van der Waals surface area contributed by atoms with Crippen molar-refractivity contribution in [2.45, 2.75) is 0 Å². The number of aliphatic hydroxyl groups excluding tert-OH is 2. The van der Waals surface area contributed by atoms with Gasteiger partial charge in [0.05, 0.1) is 0 Å². The molecule has 76 valence electrons. The molecule has 0 unspecified atom stereocenters. The molecule has 6 saturated carbocycles. The molecule has 2 nitrogen and oxygen atoms in total. The van der Waals surface area contributed by atoms with Crippen molar-refractivity contribution in [2.24, 2.45) is 59.2 Å². The van der Waals surface area contributed by atoms with Gasteiger partial charge in [0.25, 0.3) is 0 Å². The minimum atomic E-state index is 0.330. The van der Waals surface area contributed by atoms with Crippen molar-refractivity contribution in [3.05, 3.63) is 0 Å². The van der Waals surface area contributed by atoms with Crippen molar-refractivity contribution in [1.29, 1.82) is 0 Å². The van der Waals surface area contributed by atoms with Crippen molar-refractivity contribution in [2.75, 3.05) is 13.2 Å². The lowest BCUT2D eigenvalue weighted by atomic mass is 9.09. The van der Waals surface area contributed by atoms with E-state index in [2.05, 4.69) is 0 Å². The van der Waals surface area contributed by atoms with Gasteiger partial charge in [-0.25, -0.2) is 0 Å². The Morgan fingerprint density at radius 3 is 1.07 bits per heavy atom. The highest BCUT2D eigenvalue weighted by atomic mass is 16.3. The second kappa shape index (κ2) is 1.80. The summed E-state index contributed by atoms with van der Waals surface area (Å²) in [5.41, 5.74) is 0. The molecule has 2 heteroatoms. The minimum Gasteiger partial charge on any atom is -0.396 e. The summed E-state index contributed by atoms with van der Waals surface area (Å²) in [6, 6.07) is 0. The summed E-state index contributed by atoms with van der Waals surface area (Å²) in [5.74, 6) is 8.77. The lowest BCUT2D eigenvalue weighted by molar-refractivity contribution is -0.488. The molecule has 6 fully saturated rings. The van der Waals surface area contributed by atoms with Gasteiger partial charge in [-0.2, -0.15) is 0 Å². The summed E-state index contributed by atoms with van der Waals surface area (Å²) in [7, 11) is 0. The number of aliphatic hydroxyl groups is 2. The van der Waals surface area contributed by atoms with Crippen LogP contribution >= 0.6 is 0 Å². The van der Waals surface area contributed by atoms with Gasteiger partial charge in [0.15, 0.2) is 0 Å². The fourth-order valence-corrected chi connectivity index (χ4v) is 6.78. The maximum Gasteiger partial charge on any atom is 0.0465 e. The zero-order valence-electron chi connectivity index (χ0n) is 8.08. The van der Waals surface area contributed by atoms with E-state index in [9.17, 15) is 10.2 Å². The fourth-order valence-electron chi connectivity index (χ4n) is 6.78. The second-order valence-electron chi connectivity index (χ2n) is 6.31. The van der Waals surface area contributed by atoms with E-state index in [4.69, 9.17) is 0 Å². The third-order valence-corrected chi connectivity index (χ3v) is 6.85. The number of fused-ring (bicyclic) bond motifs is 1. The molecule has 0 heterocycles. The number of hydrogen-bond acceptors (Lipinski definition) is 2. The van der Waals surface area contributed by atoms with E-state index in [-0.39, 0.29) is 0 Å². The van der Waals surface area contributed by atoms with Gasteiger partial charge < -0.3 is 10.2 Å². The second-order valence-corrected chi connectivity index (χ2v) is 6.31. The summed E-state index contributed by atoms with van der Waals surface area (Å²) >= 11 is 0. The van der Waals surface area contributed by atoms with Crippen LogP contribution in [0.5, 0.6) is 0 Å². The summed E-state index contributed by atoms with van der Waals surface area (Å²) in [5, 5.41) is 18.9. The lowest BCUT2D eigenvalue weighted by Crippen LogP contribution is -2.92. The first-order chi connectivity index (χ1) is 6.90. The molecule has 6 aliphatic carbocycles. The van der Waals surface area contributed by atoms with E-state index in [1.807, 2.05) is 0 Å². The van der Waals surface area contributed by atoms with Crippen molar-refractivity contribution in [3.63, 3.8) is 0 Å². The van der Waals surface area contributed by atoms with Crippen LogP contribution in [-0.4, -0.2) is 23.4 Å². The minimum absolute atomic E-state index is 0.330. The third kappa shape index (κ3) is 0.396. The first-order valence-corrected chi connectivity index (χ1v) is 6.12. The molecule has 0 amide bonds. The van der Waals surface area contributed by atoms with Gasteiger partial charge >= 0.3 is 0 Å². The molecular weight excluding hydrogens is 176 g/mol. The van der Waals surface area contributed by atoms with E-state index in [1.54, 1.807) is 0 Å². The first-order valence-electron chi connectivity index (χ1n) is 6.12. The summed E-state index contributed by atoms with van der Waals surface area (Å²) in [6.07, 6.45) is 0. The summed E-state index contributed by atoms with van der Waals surface area (Å²) in [4.78, 5) is 0. The largest absolute Gasteiger partial charge is 0.396 e. The van der Waals surface area contributed by atoms with Crippen LogP contribution in [0.25, 0.3) is 0 Å². The molecule has 0 radical (unpaired) electrons. The molecule has 6 rings (SSSR count). The zero-order valence-corrected chi connectivity index (χ0v) is 8.08. The van der Waals surface area contributed by atoms with Crippen LogP contribution in [0, 0.1) is 59.2 Å². The van der Waals surface area contributed by atoms with Crippen LogP contribution in [0.3, 0.4) is 0 Å². The maximum absolute atomic E-state index is 9.45. The molecule has 6 aliphatic rings. The average Bonchev–Trinajstić information content (AvgIpc) is 2.17. The third-order valence-electron chi connectivity index (χ3n) is 6.85. The Kier molecular flexibility index (Phi) is 0.931. The Labute approximate surface area is 83.3 Å². The van der Waals surface area contributed by atoms with Gasteiger partial charge in [0, 0.05) is 13.2 Å². The molecule has 14 heavy (non-hydrogen) atoms. The van der Waals surface area contributed by atoms with Gasteiger partial charge in [-0.05, 0) is 59.2 Å². The molecule has 6 atom stereocenters. The lowest BCUT2D eigenvalue weighted by Gasteiger charge is -2.95. The van der Waals surface area contributed by atoms with E-state index in [1.165, 1.54) is 0 Å². The molecule has 0 aromatic carbocycles. The Hall–Kier alpha value is -0.0800. The van der Waals surface area contributed by atoms with E-state index < -0.39 is 0 Å². The molecule has 0 saturated heterocycles. The smallest absolute Gasteiger partial charge is 0.0465 e. The summed E-state index contributed by atoms with van der Waals surface area (Å²) in [6.45, 7) is 0.659. The zero-order chi connectivity index (χ0) is 9.19. The van der Waals surface area contributed by atoms with Gasteiger partial charge in [0.2, 0.25) is 0 Å². The fraction of sp³-hybridized carbons (Fsp3) is 1.00. The standard InChI is InChI=1S/C12H16O2/c13-1-3-4(2-14)6-9-7-5(3)8-10(6)12(9)11(7)8/h3-14H,1-2H2/t3-,4+,5?,6?,7+,8+,9-,10-,11?,12?. The SMILES string of the molecule is OC[C@@H]1C2[C@H]3C4C5[C@H]3C([C@H]5[C@H]42)[C@@H]1CO. The van der Waals surface area contributed by atoms with Gasteiger partial charge in [-0.3, -0.25) is 0 Å². The van der Waals surface area contributed by atoms with Gasteiger partial charge in [0.1, 0.15) is 0 Å². The van der Waals surface area contributed by atoms with Gasteiger partial charge in [-0.1, -0.05) is 0 Å². The molecular formula is C12H16O2. The Bertz CT molecular complexity index is 272. The average molecular weight is 192 g/mol. The van der Waals surface area contributed by atoms with E-state index in [0.29, 0.717) is 25.0 Å². The highest BCUT2D eigenvalue weighted by molar-refractivity contribution is 5.36. The predicted octanol–water partition coefficient (Wildman–Crippen LogP) is 0.201. The van der Waals surface area contributed by atoms with Crippen LogP contribution in [0.1, 0.15) is 0 Å². The highest BCUT2D eigenvalue weighted by Gasteiger charge is 2.90. The van der Waals surface area contributed by atoms with Crippen molar-refractivity contribution in [1.82, 2.24) is 0 Å². The topological polar surface area (TPSA) is 40.5 Å². The molecule has 0 aromatic heterocycles.